The molecule has 2 aromatic heterocycles. The van der Waals surface area contributed by atoms with E-state index in [1.54, 1.807) is 11.3 Å². The van der Waals surface area contributed by atoms with Crippen molar-refractivity contribution in [2.45, 2.75) is 6.61 Å². The molecule has 0 spiro atoms. The lowest BCUT2D eigenvalue weighted by Crippen LogP contribution is -2.10. The van der Waals surface area contributed by atoms with Crippen molar-refractivity contribution < 1.29 is 9.15 Å². The molecular weight excluding hydrogens is 358 g/mol. The lowest BCUT2D eigenvalue weighted by atomic mass is 10.2. The Hall–Kier alpha value is -1.37. The van der Waals surface area contributed by atoms with Gasteiger partial charge in [0.25, 0.3) is 0 Å². The van der Waals surface area contributed by atoms with Gasteiger partial charge in [0.05, 0.1) is 5.39 Å². The molecule has 3 aromatic rings. The van der Waals surface area contributed by atoms with E-state index in [1.807, 2.05) is 35.7 Å². The Morgan fingerprint density at radius 1 is 1.40 bits per heavy atom. The highest BCUT2D eigenvalue weighted by molar-refractivity contribution is 9.10. The molecule has 102 valence electrons. The van der Waals surface area contributed by atoms with Crippen molar-refractivity contribution in [2.75, 3.05) is 0 Å². The van der Waals surface area contributed by atoms with Gasteiger partial charge in [-0.25, -0.2) is 0 Å². The van der Waals surface area contributed by atoms with E-state index in [1.165, 1.54) is 0 Å². The monoisotopic (exact) mass is 367 g/mol. The minimum absolute atomic E-state index is 0.198. The first-order chi connectivity index (χ1) is 9.65. The van der Waals surface area contributed by atoms with Crippen LogP contribution in [-0.4, -0.2) is 4.99 Å². The molecule has 0 fully saturated rings. The average molecular weight is 368 g/mol. The van der Waals surface area contributed by atoms with Gasteiger partial charge in [-0.2, -0.15) is 0 Å². The van der Waals surface area contributed by atoms with Gasteiger partial charge in [0.15, 0.2) is 5.75 Å². The average Bonchev–Trinajstić information content (AvgIpc) is 3.00. The number of thiophene rings is 1. The first-order valence-electron chi connectivity index (χ1n) is 5.82. The highest BCUT2D eigenvalue weighted by Crippen LogP contribution is 2.34. The SMILES string of the molecule is NC(=S)c1oc2ccccc2c1OCc1cc(Br)cs1. The van der Waals surface area contributed by atoms with E-state index in [9.17, 15) is 0 Å². The standard InChI is InChI=1S/C14H10BrNO2S2/c15-8-5-9(20-7-8)6-17-12-10-3-1-2-4-11(10)18-13(12)14(16)19/h1-5,7H,6H2,(H2,16,19). The highest BCUT2D eigenvalue weighted by Gasteiger charge is 2.17. The molecule has 6 heteroatoms. The smallest absolute Gasteiger partial charge is 0.204 e. The molecule has 0 aliphatic rings. The topological polar surface area (TPSA) is 48.4 Å². The van der Waals surface area contributed by atoms with Crippen LogP contribution < -0.4 is 10.5 Å². The molecule has 0 saturated heterocycles. The van der Waals surface area contributed by atoms with Crippen molar-refractivity contribution >= 4 is 55.4 Å². The van der Waals surface area contributed by atoms with E-state index in [2.05, 4.69) is 15.9 Å². The zero-order valence-corrected chi connectivity index (χ0v) is 13.5. The lowest BCUT2D eigenvalue weighted by molar-refractivity contribution is 0.308. The molecular formula is C14H10BrNO2S2. The van der Waals surface area contributed by atoms with Crippen LogP contribution in [0.1, 0.15) is 10.6 Å². The molecule has 2 heterocycles. The van der Waals surface area contributed by atoms with E-state index in [4.69, 9.17) is 27.1 Å². The fourth-order valence-corrected chi connectivity index (χ4v) is 3.40. The van der Waals surface area contributed by atoms with Gasteiger partial charge in [-0.05, 0) is 34.1 Å². The summed E-state index contributed by atoms with van der Waals surface area (Å²) in [5.74, 6) is 1.04. The predicted octanol–water partition coefficient (Wildman–Crippen LogP) is 4.47. The summed E-state index contributed by atoms with van der Waals surface area (Å²) < 4.78 is 12.6. The molecule has 0 radical (unpaired) electrons. The maximum absolute atomic E-state index is 5.88. The summed E-state index contributed by atoms with van der Waals surface area (Å²) in [7, 11) is 0. The molecule has 0 saturated carbocycles. The zero-order chi connectivity index (χ0) is 14.1. The first kappa shape index (κ1) is 13.6. The normalized spacial score (nSPS) is 10.8. The summed E-state index contributed by atoms with van der Waals surface area (Å²) >= 11 is 10.1. The number of thiocarbonyl (C=S) groups is 1. The number of halogens is 1. The van der Waals surface area contributed by atoms with Crippen molar-refractivity contribution in [3.8, 4) is 5.75 Å². The van der Waals surface area contributed by atoms with E-state index < -0.39 is 0 Å². The van der Waals surface area contributed by atoms with Crippen molar-refractivity contribution in [1.82, 2.24) is 0 Å². The van der Waals surface area contributed by atoms with Crippen LogP contribution in [0.2, 0.25) is 0 Å². The molecule has 3 nitrogen and oxygen atoms in total. The molecule has 0 unspecified atom stereocenters. The van der Waals surface area contributed by atoms with Gasteiger partial charge < -0.3 is 14.9 Å². The minimum atomic E-state index is 0.198. The summed E-state index contributed by atoms with van der Waals surface area (Å²) in [4.78, 5) is 1.31. The summed E-state index contributed by atoms with van der Waals surface area (Å²) in [5.41, 5.74) is 6.42. The Kier molecular flexibility index (Phi) is 3.78. The third kappa shape index (κ3) is 2.59. The number of benzene rings is 1. The second-order valence-electron chi connectivity index (χ2n) is 4.14. The predicted molar refractivity (Wildman–Crippen MR) is 88.5 cm³/mol. The Balaban J connectivity index is 1.96. The van der Waals surface area contributed by atoms with Crippen LogP contribution in [-0.2, 0) is 6.61 Å². The quantitative estimate of drug-likeness (QED) is 0.691. The van der Waals surface area contributed by atoms with Gasteiger partial charge in [0.2, 0.25) is 5.76 Å². The van der Waals surface area contributed by atoms with Gasteiger partial charge >= 0.3 is 0 Å². The van der Waals surface area contributed by atoms with Crippen LogP contribution in [0.3, 0.4) is 0 Å². The van der Waals surface area contributed by atoms with Crippen molar-refractivity contribution in [2.24, 2.45) is 5.73 Å². The van der Waals surface area contributed by atoms with Crippen molar-refractivity contribution in [1.29, 1.82) is 0 Å². The molecule has 0 amide bonds. The largest absolute Gasteiger partial charge is 0.483 e. The van der Waals surface area contributed by atoms with Crippen LogP contribution in [0.5, 0.6) is 5.75 Å². The fourth-order valence-electron chi connectivity index (χ4n) is 1.90. The number of rotatable bonds is 4. The van der Waals surface area contributed by atoms with Gasteiger partial charge in [0, 0.05) is 14.7 Å². The fraction of sp³-hybridized carbons (Fsp3) is 0.0714. The van der Waals surface area contributed by atoms with E-state index in [0.717, 1.165) is 20.3 Å². The summed E-state index contributed by atoms with van der Waals surface area (Å²) in [5, 5.41) is 2.90. The van der Waals surface area contributed by atoms with Gasteiger partial charge in [-0.1, -0.05) is 24.4 Å². The van der Waals surface area contributed by atoms with E-state index >= 15 is 0 Å². The number of ether oxygens (including phenoxy) is 1. The van der Waals surface area contributed by atoms with Crippen molar-refractivity contribution in [3.63, 3.8) is 0 Å². The molecule has 0 aliphatic heterocycles. The Morgan fingerprint density at radius 3 is 2.90 bits per heavy atom. The Bertz CT molecular complexity index is 778. The second-order valence-corrected chi connectivity index (χ2v) is 6.49. The number of nitrogens with two attached hydrogens (primary N) is 1. The number of furan rings is 1. The van der Waals surface area contributed by atoms with Crippen LogP contribution in [0.25, 0.3) is 11.0 Å². The molecule has 0 bridgehead atoms. The number of para-hydroxylation sites is 1. The Labute approximate surface area is 133 Å². The zero-order valence-electron chi connectivity index (χ0n) is 10.3. The summed E-state index contributed by atoms with van der Waals surface area (Å²) in [6.45, 7) is 0.454. The lowest BCUT2D eigenvalue weighted by Gasteiger charge is -2.04. The number of hydrogen-bond donors (Lipinski definition) is 1. The highest BCUT2D eigenvalue weighted by atomic mass is 79.9. The van der Waals surface area contributed by atoms with Crippen LogP contribution in [0, 0.1) is 0 Å². The summed E-state index contributed by atoms with van der Waals surface area (Å²) in [6.07, 6.45) is 0. The second kappa shape index (κ2) is 5.55. The number of hydrogen-bond acceptors (Lipinski definition) is 4. The van der Waals surface area contributed by atoms with E-state index in [-0.39, 0.29) is 4.99 Å². The Morgan fingerprint density at radius 2 is 2.20 bits per heavy atom. The maximum Gasteiger partial charge on any atom is 0.204 e. The number of fused-ring (bicyclic) bond motifs is 1. The van der Waals surface area contributed by atoms with Crippen LogP contribution >= 0.6 is 39.5 Å². The molecule has 0 aliphatic carbocycles. The summed E-state index contributed by atoms with van der Waals surface area (Å²) in [6, 6.07) is 9.64. The van der Waals surface area contributed by atoms with Crippen LogP contribution in [0.15, 0.2) is 44.6 Å². The van der Waals surface area contributed by atoms with Gasteiger partial charge in [-0.15, -0.1) is 11.3 Å². The molecule has 0 atom stereocenters. The molecule has 3 rings (SSSR count). The minimum Gasteiger partial charge on any atom is -0.483 e. The van der Waals surface area contributed by atoms with Gasteiger partial charge in [-0.3, -0.25) is 0 Å². The molecule has 20 heavy (non-hydrogen) atoms. The van der Waals surface area contributed by atoms with E-state index in [0.29, 0.717) is 18.1 Å². The van der Waals surface area contributed by atoms with Gasteiger partial charge in [0.1, 0.15) is 17.2 Å². The molecule has 2 N–H and O–H groups in total. The third-order valence-electron chi connectivity index (χ3n) is 2.75. The molecule has 1 aromatic carbocycles. The van der Waals surface area contributed by atoms with Crippen LogP contribution in [0.4, 0.5) is 0 Å². The van der Waals surface area contributed by atoms with Crippen molar-refractivity contribution in [3.05, 3.63) is 50.8 Å². The first-order valence-corrected chi connectivity index (χ1v) is 7.90. The third-order valence-corrected chi connectivity index (χ3v) is 4.61. The maximum atomic E-state index is 5.88.